The van der Waals surface area contributed by atoms with E-state index in [1.54, 1.807) is 13.1 Å². The van der Waals surface area contributed by atoms with Crippen molar-refractivity contribution in [2.75, 3.05) is 13.1 Å². The molecule has 0 N–H and O–H groups in total. The summed E-state index contributed by atoms with van der Waals surface area (Å²) in [4.78, 5) is 20.7. The fraction of sp³-hybridized carbons (Fsp3) is 0.500. The monoisotopic (exact) mass is 338 g/mol. The molecule has 0 saturated carbocycles. The zero-order chi connectivity index (χ0) is 17.2. The topological polar surface area (TPSA) is 41.4 Å². The van der Waals surface area contributed by atoms with Gasteiger partial charge in [-0.1, -0.05) is 12.1 Å². The summed E-state index contributed by atoms with van der Waals surface area (Å²) >= 11 is 0. The Hall–Kier alpha value is -2.14. The molecular weight excluding hydrogens is 312 g/mol. The van der Waals surface area contributed by atoms with Gasteiger partial charge >= 0.3 is 0 Å². The average molecular weight is 338 g/mol. The number of hydrogen-bond donors (Lipinski definition) is 0. The summed E-state index contributed by atoms with van der Waals surface area (Å²) in [5.74, 6) is 0.235. The molecule has 2 saturated heterocycles. The molecule has 5 nitrogen and oxygen atoms in total. The van der Waals surface area contributed by atoms with E-state index in [4.69, 9.17) is 0 Å². The molecule has 25 heavy (non-hydrogen) atoms. The quantitative estimate of drug-likeness (QED) is 0.861. The Morgan fingerprint density at radius 3 is 2.60 bits per heavy atom. The number of nitrogens with zero attached hydrogens (tertiary/aromatic N) is 4. The maximum absolute atomic E-state index is 11.9. The van der Waals surface area contributed by atoms with E-state index in [0.29, 0.717) is 12.1 Å². The van der Waals surface area contributed by atoms with Crippen LogP contribution in [0.15, 0.2) is 43.0 Å². The number of imidazole rings is 1. The summed E-state index contributed by atoms with van der Waals surface area (Å²) < 4.78 is 2.02. The molecule has 1 aromatic carbocycles. The van der Waals surface area contributed by atoms with Crippen LogP contribution in [0, 0.1) is 0 Å². The van der Waals surface area contributed by atoms with Crippen LogP contribution in [-0.4, -0.2) is 50.4 Å². The SMILES string of the molecule is CC(=O)N1CCC[C@@H]1[C@@H]1CCCN1Cc1ccc(-n2ccnc2)cc1. The highest BCUT2D eigenvalue weighted by Crippen LogP contribution is 2.31. The van der Waals surface area contributed by atoms with Gasteiger partial charge in [-0.15, -0.1) is 0 Å². The van der Waals surface area contributed by atoms with Gasteiger partial charge in [-0.25, -0.2) is 4.98 Å². The maximum Gasteiger partial charge on any atom is 0.219 e. The van der Waals surface area contributed by atoms with E-state index in [0.717, 1.165) is 38.2 Å². The number of rotatable bonds is 4. The van der Waals surface area contributed by atoms with Gasteiger partial charge in [0.05, 0.1) is 6.33 Å². The average Bonchev–Trinajstić information content (AvgIpc) is 3.36. The lowest BCUT2D eigenvalue weighted by Crippen LogP contribution is -2.47. The highest BCUT2D eigenvalue weighted by atomic mass is 16.2. The van der Waals surface area contributed by atoms with E-state index in [-0.39, 0.29) is 5.91 Å². The van der Waals surface area contributed by atoms with Gasteiger partial charge in [0, 0.05) is 50.2 Å². The lowest BCUT2D eigenvalue weighted by molar-refractivity contribution is -0.130. The van der Waals surface area contributed by atoms with Crippen LogP contribution in [0.4, 0.5) is 0 Å². The van der Waals surface area contributed by atoms with Gasteiger partial charge < -0.3 is 9.47 Å². The van der Waals surface area contributed by atoms with Crippen LogP contribution in [0.1, 0.15) is 38.2 Å². The summed E-state index contributed by atoms with van der Waals surface area (Å²) in [6, 6.07) is 9.65. The predicted octanol–water partition coefficient (Wildman–Crippen LogP) is 2.85. The van der Waals surface area contributed by atoms with Crippen LogP contribution < -0.4 is 0 Å². The molecule has 0 spiro atoms. The number of hydrogen-bond acceptors (Lipinski definition) is 3. The summed E-state index contributed by atoms with van der Waals surface area (Å²) in [6.07, 6.45) is 10.3. The molecule has 0 unspecified atom stereocenters. The van der Waals surface area contributed by atoms with Crippen molar-refractivity contribution in [2.45, 2.75) is 51.2 Å². The van der Waals surface area contributed by atoms with Crippen molar-refractivity contribution in [3.05, 3.63) is 48.5 Å². The van der Waals surface area contributed by atoms with Gasteiger partial charge in [-0.3, -0.25) is 9.69 Å². The van der Waals surface area contributed by atoms with Crippen molar-refractivity contribution >= 4 is 5.91 Å². The maximum atomic E-state index is 11.9. The molecule has 0 aliphatic carbocycles. The van der Waals surface area contributed by atoms with Crippen LogP contribution in [0.2, 0.25) is 0 Å². The minimum Gasteiger partial charge on any atom is -0.338 e. The van der Waals surface area contributed by atoms with Gasteiger partial charge in [-0.2, -0.15) is 0 Å². The fourth-order valence-electron chi connectivity index (χ4n) is 4.49. The van der Waals surface area contributed by atoms with Gasteiger partial charge in [0.1, 0.15) is 0 Å². The Bertz CT molecular complexity index is 710. The van der Waals surface area contributed by atoms with Gasteiger partial charge in [-0.05, 0) is 49.9 Å². The minimum absolute atomic E-state index is 0.235. The fourth-order valence-corrected chi connectivity index (χ4v) is 4.49. The number of carbonyl (C=O) groups excluding carboxylic acids is 1. The molecular formula is C20H26N4O. The number of aromatic nitrogens is 2. The second kappa shape index (κ2) is 7.00. The van der Waals surface area contributed by atoms with E-state index < -0.39 is 0 Å². The van der Waals surface area contributed by atoms with Crippen molar-refractivity contribution in [2.24, 2.45) is 0 Å². The molecule has 1 amide bonds. The molecule has 2 fully saturated rings. The molecule has 132 valence electrons. The predicted molar refractivity (Wildman–Crippen MR) is 97.4 cm³/mol. The van der Waals surface area contributed by atoms with E-state index >= 15 is 0 Å². The Balaban J connectivity index is 1.45. The second-order valence-corrected chi connectivity index (χ2v) is 7.24. The smallest absolute Gasteiger partial charge is 0.219 e. The zero-order valence-corrected chi connectivity index (χ0v) is 14.8. The van der Waals surface area contributed by atoms with Crippen molar-refractivity contribution in [3.63, 3.8) is 0 Å². The number of benzene rings is 1. The number of likely N-dealkylation sites (tertiary alicyclic amines) is 2. The Morgan fingerprint density at radius 1 is 1.12 bits per heavy atom. The second-order valence-electron chi connectivity index (χ2n) is 7.24. The van der Waals surface area contributed by atoms with Crippen molar-refractivity contribution in [1.29, 1.82) is 0 Å². The van der Waals surface area contributed by atoms with Crippen LogP contribution in [0.25, 0.3) is 5.69 Å². The lowest BCUT2D eigenvalue weighted by atomic mass is 10.0. The molecule has 1 aromatic heterocycles. The standard InChI is InChI=1S/C20H26N4O/c1-16(25)24-12-3-5-20(24)19-4-2-11-22(19)14-17-6-8-18(9-7-17)23-13-10-21-15-23/h6-10,13,15,19-20H,2-5,11-12,14H2,1H3/t19-,20+/m0/s1. The van der Waals surface area contributed by atoms with E-state index in [9.17, 15) is 4.79 Å². The molecule has 5 heteroatoms. The van der Waals surface area contributed by atoms with E-state index in [1.807, 2.05) is 17.1 Å². The lowest BCUT2D eigenvalue weighted by Gasteiger charge is -2.34. The van der Waals surface area contributed by atoms with Gasteiger partial charge in [0.25, 0.3) is 0 Å². The zero-order valence-electron chi connectivity index (χ0n) is 14.8. The van der Waals surface area contributed by atoms with Gasteiger partial charge in [0.15, 0.2) is 0 Å². The van der Waals surface area contributed by atoms with Crippen LogP contribution >= 0.6 is 0 Å². The Morgan fingerprint density at radius 2 is 1.88 bits per heavy atom. The minimum atomic E-state index is 0.235. The van der Waals surface area contributed by atoms with E-state index in [1.165, 1.54) is 18.4 Å². The van der Waals surface area contributed by atoms with Crippen molar-refractivity contribution in [1.82, 2.24) is 19.4 Å². The molecule has 0 bridgehead atoms. The first-order valence-electron chi connectivity index (χ1n) is 9.31. The molecule has 2 aliphatic rings. The van der Waals surface area contributed by atoms with Crippen LogP contribution in [-0.2, 0) is 11.3 Å². The van der Waals surface area contributed by atoms with Crippen molar-refractivity contribution in [3.8, 4) is 5.69 Å². The largest absolute Gasteiger partial charge is 0.338 e. The van der Waals surface area contributed by atoms with Crippen molar-refractivity contribution < 1.29 is 4.79 Å². The first kappa shape index (κ1) is 16.3. The first-order chi connectivity index (χ1) is 12.2. The molecule has 2 aliphatic heterocycles. The summed E-state index contributed by atoms with van der Waals surface area (Å²) in [7, 11) is 0. The van der Waals surface area contributed by atoms with Crippen LogP contribution in [0.5, 0.6) is 0 Å². The van der Waals surface area contributed by atoms with Crippen LogP contribution in [0.3, 0.4) is 0 Å². The Labute approximate surface area is 149 Å². The summed E-state index contributed by atoms with van der Waals surface area (Å²) in [5.41, 5.74) is 2.47. The van der Waals surface area contributed by atoms with Gasteiger partial charge in [0.2, 0.25) is 5.91 Å². The summed E-state index contributed by atoms with van der Waals surface area (Å²) in [6.45, 7) is 4.75. The van der Waals surface area contributed by atoms with E-state index in [2.05, 4.69) is 39.0 Å². The third kappa shape index (κ3) is 3.33. The molecule has 4 rings (SSSR count). The third-order valence-corrected chi connectivity index (χ3v) is 5.69. The molecule has 2 aromatic rings. The highest BCUT2D eigenvalue weighted by molar-refractivity contribution is 5.74. The molecule has 0 radical (unpaired) electrons. The highest BCUT2D eigenvalue weighted by Gasteiger charge is 2.38. The number of amides is 1. The third-order valence-electron chi connectivity index (χ3n) is 5.69. The Kier molecular flexibility index (Phi) is 4.57. The molecule has 3 heterocycles. The number of carbonyl (C=O) groups is 1. The first-order valence-corrected chi connectivity index (χ1v) is 9.31. The summed E-state index contributed by atoms with van der Waals surface area (Å²) in [5, 5.41) is 0. The normalized spacial score (nSPS) is 24.1. The molecule has 2 atom stereocenters.